The Balaban J connectivity index is 0.000000247. The van der Waals surface area contributed by atoms with E-state index in [1.165, 1.54) is 44.2 Å². The summed E-state index contributed by atoms with van der Waals surface area (Å²) < 4.78 is 54.6. The Labute approximate surface area is 206 Å². The van der Waals surface area contributed by atoms with E-state index in [1.807, 2.05) is 12.1 Å². The van der Waals surface area contributed by atoms with Gasteiger partial charge in [-0.3, -0.25) is 4.79 Å². The Kier molecular flexibility index (Phi) is 11.7. The highest BCUT2D eigenvalue weighted by molar-refractivity contribution is 5.69. The van der Waals surface area contributed by atoms with Gasteiger partial charge in [-0.2, -0.15) is 13.2 Å². The van der Waals surface area contributed by atoms with Crippen molar-refractivity contribution in [3.63, 3.8) is 0 Å². The van der Waals surface area contributed by atoms with E-state index in [2.05, 4.69) is 19.2 Å². The summed E-state index contributed by atoms with van der Waals surface area (Å²) in [6.07, 6.45) is 1.77. The largest absolute Gasteiger partial charge is 0.469 e. The molecule has 1 N–H and O–H groups in total. The average Bonchev–Trinajstić information content (AvgIpc) is 2.83. The van der Waals surface area contributed by atoms with Crippen LogP contribution in [-0.4, -0.2) is 19.6 Å². The number of carbonyl (C=O) groups is 1. The molecular weight excluding hydrogens is 458 g/mol. The number of esters is 1. The van der Waals surface area contributed by atoms with Gasteiger partial charge in [0.1, 0.15) is 5.82 Å². The van der Waals surface area contributed by atoms with Gasteiger partial charge in [-0.05, 0) is 79.0 Å². The van der Waals surface area contributed by atoms with E-state index in [1.54, 1.807) is 0 Å². The summed E-state index contributed by atoms with van der Waals surface area (Å²) in [6.45, 7) is 5.78. The third-order valence-corrected chi connectivity index (χ3v) is 6.37. The molecule has 1 aliphatic carbocycles. The Bertz CT molecular complexity index is 879. The molecule has 1 aliphatic rings. The van der Waals surface area contributed by atoms with Gasteiger partial charge in [0.05, 0.1) is 12.7 Å². The SMILES string of the molecule is CC(C)CCNCc1ccc(C(F)(F)F)cc1.COC(=O)C[C@H]1CCCCC1c1ccc(F)cc1. The van der Waals surface area contributed by atoms with Crippen molar-refractivity contribution >= 4 is 5.97 Å². The summed E-state index contributed by atoms with van der Waals surface area (Å²) in [5.74, 6) is 0.971. The number of ether oxygens (including phenoxy) is 1. The summed E-state index contributed by atoms with van der Waals surface area (Å²) in [7, 11) is 1.43. The second kappa shape index (κ2) is 14.2. The van der Waals surface area contributed by atoms with Crippen molar-refractivity contribution in [1.29, 1.82) is 0 Å². The zero-order chi connectivity index (χ0) is 25.8. The van der Waals surface area contributed by atoms with Gasteiger partial charge < -0.3 is 10.1 Å². The maximum Gasteiger partial charge on any atom is 0.416 e. The molecule has 0 heterocycles. The molecule has 0 radical (unpaired) electrons. The Morgan fingerprint density at radius 2 is 1.66 bits per heavy atom. The van der Waals surface area contributed by atoms with E-state index >= 15 is 0 Å². The summed E-state index contributed by atoms with van der Waals surface area (Å²) >= 11 is 0. The summed E-state index contributed by atoms with van der Waals surface area (Å²) in [6, 6.07) is 12.0. The lowest BCUT2D eigenvalue weighted by Gasteiger charge is -2.31. The Morgan fingerprint density at radius 1 is 1.03 bits per heavy atom. The minimum atomic E-state index is -4.25. The first-order chi connectivity index (χ1) is 16.6. The highest BCUT2D eigenvalue weighted by atomic mass is 19.4. The fraction of sp³-hybridized carbons (Fsp3) is 0.536. The van der Waals surface area contributed by atoms with E-state index < -0.39 is 11.7 Å². The molecule has 0 spiro atoms. The fourth-order valence-electron chi connectivity index (χ4n) is 4.33. The van der Waals surface area contributed by atoms with Crippen molar-refractivity contribution in [3.8, 4) is 0 Å². The smallest absolute Gasteiger partial charge is 0.416 e. The number of hydrogen-bond acceptors (Lipinski definition) is 3. The van der Waals surface area contributed by atoms with E-state index in [0.717, 1.165) is 49.1 Å². The zero-order valence-electron chi connectivity index (χ0n) is 20.8. The first-order valence-electron chi connectivity index (χ1n) is 12.3. The monoisotopic (exact) mass is 495 g/mol. The van der Waals surface area contributed by atoms with Crippen molar-refractivity contribution in [1.82, 2.24) is 5.32 Å². The van der Waals surface area contributed by atoms with Gasteiger partial charge in [0.2, 0.25) is 0 Å². The van der Waals surface area contributed by atoms with Gasteiger partial charge in [-0.15, -0.1) is 0 Å². The van der Waals surface area contributed by atoms with E-state index in [-0.39, 0.29) is 11.8 Å². The second-order valence-corrected chi connectivity index (χ2v) is 9.54. The maximum atomic E-state index is 12.9. The fourth-order valence-corrected chi connectivity index (χ4v) is 4.33. The van der Waals surface area contributed by atoms with Crippen LogP contribution in [0.4, 0.5) is 17.6 Å². The number of nitrogens with one attached hydrogen (secondary N) is 1. The number of hydrogen-bond donors (Lipinski definition) is 1. The van der Waals surface area contributed by atoms with Gasteiger partial charge in [0.15, 0.2) is 0 Å². The zero-order valence-corrected chi connectivity index (χ0v) is 20.8. The molecule has 0 saturated heterocycles. The molecule has 0 bridgehead atoms. The van der Waals surface area contributed by atoms with Crippen LogP contribution >= 0.6 is 0 Å². The highest BCUT2D eigenvalue weighted by Crippen LogP contribution is 2.39. The van der Waals surface area contributed by atoms with E-state index in [4.69, 9.17) is 4.74 Å². The number of carbonyl (C=O) groups excluding carboxylic acids is 1. The first-order valence-corrected chi connectivity index (χ1v) is 12.3. The van der Waals surface area contributed by atoms with Crippen LogP contribution in [0.3, 0.4) is 0 Å². The average molecular weight is 496 g/mol. The quantitative estimate of drug-likeness (QED) is 0.234. The molecule has 0 aromatic heterocycles. The lowest BCUT2D eigenvalue weighted by Crippen LogP contribution is -2.21. The molecule has 35 heavy (non-hydrogen) atoms. The molecule has 0 amide bonds. The van der Waals surface area contributed by atoms with E-state index in [9.17, 15) is 22.4 Å². The summed E-state index contributed by atoms with van der Waals surface area (Å²) in [4.78, 5) is 11.4. The minimum Gasteiger partial charge on any atom is -0.469 e. The minimum absolute atomic E-state index is 0.144. The predicted octanol–water partition coefficient (Wildman–Crippen LogP) is 7.50. The molecule has 7 heteroatoms. The van der Waals surface area contributed by atoms with Crippen molar-refractivity contribution < 1.29 is 27.1 Å². The standard InChI is InChI=1S/C15H19FO2.C13H18F3N/c1-18-15(17)10-12-4-2-3-5-14(12)11-6-8-13(16)9-7-11;1-10(2)7-8-17-9-11-3-5-12(6-4-11)13(14,15)16/h6-9,12,14H,2-5,10H2,1H3;3-6,10,17H,7-9H2,1-2H3/t12-,14?;/m1./s1. The normalized spacial score (nSPS) is 18.1. The number of benzene rings is 2. The van der Waals surface area contributed by atoms with Crippen LogP contribution in [0.25, 0.3) is 0 Å². The van der Waals surface area contributed by atoms with Crippen molar-refractivity contribution in [2.45, 2.75) is 71.0 Å². The number of methoxy groups -OCH3 is 1. The maximum absolute atomic E-state index is 12.9. The van der Waals surface area contributed by atoms with Gasteiger partial charge in [-0.1, -0.05) is 51.0 Å². The molecular formula is C28H37F4NO2. The van der Waals surface area contributed by atoms with Gasteiger partial charge >= 0.3 is 12.1 Å². The topological polar surface area (TPSA) is 38.3 Å². The molecule has 3 rings (SSSR count). The number of halogens is 4. The molecule has 1 fully saturated rings. The van der Waals surface area contributed by atoms with Crippen LogP contribution in [0.2, 0.25) is 0 Å². The van der Waals surface area contributed by atoms with Crippen LogP contribution in [-0.2, 0) is 22.3 Å². The molecule has 0 aliphatic heterocycles. The second-order valence-electron chi connectivity index (χ2n) is 9.54. The lowest BCUT2D eigenvalue weighted by atomic mass is 9.74. The van der Waals surface area contributed by atoms with Gasteiger partial charge in [0.25, 0.3) is 0 Å². The molecule has 1 saturated carbocycles. The number of alkyl halides is 3. The van der Waals surface area contributed by atoms with Crippen LogP contribution in [0, 0.1) is 17.7 Å². The molecule has 2 atom stereocenters. The van der Waals surface area contributed by atoms with Gasteiger partial charge in [-0.25, -0.2) is 4.39 Å². The Hall–Kier alpha value is -2.41. The summed E-state index contributed by atoms with van der Waals surface area (Å²) in [5, 5.41) is 3.21. The van der Waals surface area contributed by atoms with Crippen molar-refractivity contribution in [2.75, 3.05) is 13.7 Å². The number of rotatable bonds is 8. The first kappa shape index (κ1) is 28.8. The summed E-state index contributed by atoms with van der Waals surface area (Å²) in [5.41, 5.74) is 1.43. The van der Waals surface area contributed by atoms with Gasteiger partial charge in [0, 0.05) is 13.0 Å². The van der Waals surface area contributed by atoms with E-state index in [0.29, 0.717) is 30.7 Å². The molecule has 2 aromatic rings. The highest BCUT2D eigenvalue weighted by Gasteiger charge is 2.30. The van der Waals surface area contributed by atoms with Crippen LogP contribution < -0.4 is 5.32 Å². The van der Waals surface area contributed by atoms with Crippen molar-refractivity contribution in [2.24, 2.45) is 11.8 Å². The molecule has 2 aromatic carbocycles. The lowest BCUT2D eigenvalue weighted by molar-refractivity contribution is -0.142. The predicted molar refractivity (Wildman–Crippen MR) is 130 cm³/mol. The molecule has 1 unspecified atom stereocenters. The van der Waals surface area contributed by atoms with Crippen LogP contribution in [0.15, 0.2) is 48.5 Å². The Morgan fingerprint density at radius 3 is 2.23 bits per heavy atom. The van der Waals surface area contributed by atoms with Crippen LogP contribution in [0.1, 0.15) is 75.0 Å². The molecule has 3 nitrogen and oxygen atoms in total. The van der Waals surface area contributed by atoms with Crippen molar-refractivity contribution in [3.05, 3.63) is 71.0 Å². The third-order valence-electron chi connectivity index (χ3n) is 6.37. The van der Waals surface area contributed by atoms with Crippen LogP contribution in [0.5, 0.6) is 0 Å². The molecule has 194 valence electrons. The third kappa shape index (κ3) is 10.4.